The minimum Gasteiger partial charge on any atom is -0.453 e. The molecule has 2 aromatic carbocycles. The first-order valence-corrected chi connectivity index (χ1v) is 34.9. The molecule has 28 nitrogen and oxygen atoms in total. The van der Waals surface area contributed by atoms with E-state index in [2.05, 4.69) is 131 Å². The van der Waals surface area contributed by atoms with Crippen molar-refractivity contribution in [3.8, 4) is 47.2 Å². The van der Waals surface area contributed by atoms with Gasteiger partial charge in [-0.25, -0.2) is 39.1 Å². The Bertz CT molecular complexity index is 3990. The van der Waals surface area contributed by atoms with Gasteiger partial charge in [0.25, 0.3) is 0 Å². The molecule has 8 N–H and O–H groups in total. The Morgan fingerprint density at radius 1 is 0.505 bits per heavy atom. The minimum absolute atomic E-state index is 0.0549. The maximum absolute atomic E-state index is 13.3. The summed E-state index contributed by atoms with van der Waals surface area (Å²) in [5.74, 6) is 15.8. The number of halogens is 2. The summed E-state index contributed by atoms with van der Waals surface area (Å²) < 4.78 is 35.3. The largest absolute Gasteiger partial charge is 0.453 e. The number of amides is 8. The lowest BCUT2D eigenvalue weighted by molar-refractivity contribution is -0.136. The third kappa shape index (κ3) is 20.7. The number of nitrogens with zero attached hydrogens (tertiary/aromatic N) is 8. The third-order valence-corrected chi connectivity index (χ3v) is 18.6. The fraction of sp³-hybridized carbons (Fsp3) is 0.507. The SMILES string of the molecule is C#Cc1cnc([C@@H]2CCCN2C(=O)[C@@H](NC(=O)OC)C(C)C)[nH]1.COC(=O)N[C@H](C(=O)N1CCC[C@H]1c1nc2ccc(-c3ccc(Br)cc3)cc2[nH]1)C(C)C.COC(=O)N[C@H](C(=O)N1CCC[C@H]1c1ncc(C#CC#Cc2cnc([C@@H]3CCCN3C(=O)[C@@H](NC(=O)OC)C(C)C)[nH]2)[nH]1)C(C)C.[2H]CF. The van der Waals surface area contributed by atoms with E-state index in [0.717, 1.165) is 83.8 Å². The van der Waals surface area contributed by atoms with Crippen molar-refractivity contribution in [2.45, 2.75) is 155 Å². The number of likely N-dealkylation sites (tertiary alicyclic amines) is 4. The van der Waals surface area contributed by atoms with Crippen molar-refractivity contribution in [1.29, 1.82) is 0 Å². The Morgan fingerprint density at radius 2 is 0.816 bits per heavy atom. The third-order valence-electron chi connectivity index (χ3n) is 18.0. The molecule has 0 saturated carbocycles. The summed E-state index contributed by atoms with van der Waals surface area (Å²) in [6.45, 7) is 17.4. The molecule has 0 bridgehead atoms. The smallest absolute Gasteiger partial charge is 0.407 e. The van der Waals surface area contributed by atoms with Gasteiger partial charge in [-0.05, 0) is 134 Å². The Kier molecular flexibility index (Phi) is 28.9. The summed E-state index contributed by atoms with van der Waals surface area (Å²) in [4.78, 5) is 138. The lowest BCUT2D eigenvalue weighted by Crippen LogP contribution is -2.51. The zero-order valence-electron chi connectivity index (χ0n) is 61.2. The van der Waals surface area contributed by atoms with E-state index in [1.807, 2.05) is 78.5 Å². The van der Waals surface area contributed by atoms with Crippen molar-refractivity contribution in [1.82, 2.24) is 80.7 Å². The highest BCUT2D eigenvalue weighted by atomic mass is 79.9. The zero-order valence-corrected chi connectivity index (χ0v) is 61.8. The Morgan fingerprint density at radius 3 is 1.13 bits per heavy atom. The highest BCUT2D eigenvalue weighted by Crippen LogP contribution is 2.37. The number of hydrogen-bond acceptors (Lipinski definition) is 16. The van der Waals surface area contributed by atoms with Crippen LogP contribution in [0.15, 0.2) is 65.5 Å². The number of carbonyl (C=O) groups excluding carboxylic acids is 8. The van der Waals surface area contributed by atoms with Crippen LogP contribution in [0, 0.1) is 59.7 Å². The number of fused-ring (bicyclic) bond motifs is 1. The molecule has 6 aromatic rings. The predicted octanol–water partition coefficient (Wildman–Crippen LogP) is 9.68. The number of ether oxygens (including phenoxy) is 4. The number of imidazole rings is 4. The van der Waals surface area contributed by atoms with Gasteiger partial charge in [-0.15, -0.1) is 6.42 Å². The number of rotatable bonds is 17. The second-order valence-corrected chi connectivity index (χ2v) is 27.2. The first kappa shape index (κ1) is 78.3. The van der Waals surface area contributed by atoms with Crippen LogP contribution in [0.5, 0.6) is 0 Å². The monoisotopic (exact) mass is 1490 g/mol. The molecule has 4 fully saturated rings. The van der Waals surface area contributed by atoms with Crippen molar-refractivity contribution in [2.24, 2.45) is 23.7 Å². The first-order chi connectivity index (χ1) is 49.8. The number of alkyl carbamates (subject to hydrolysis) is 4. The van der Waals surface area contributed by atoms with E-state index in [1.165, 1.54) is 28.4 Å². The molecule has 552 valence electrons. The van der Waals surface area contributed by atoms with E-state index in [-0.39, 0.29) is 71.5 Å². The maximum atomic E-state index is 13.3. The van der Waals surface area contributed by atoms with Gasteiger partial charge in [0.05, 0.1) is 90.8 Å². The number of benzene rings is 2. The van der Waals surface area contributed by atoms with Gasteiger partial charge < -0.3 is 79.8 Å². The van der Waals surface area contributed by atoms with Crippen molar-refractivity contribution in [2.75, 3.05) is 61.8 Å². The Labute approximate surface area is 609 Å². The molecule has 0 unspecified atom stereocenters. The van der Waals surface area contributed by atoms with Crippen LogP contribution in [0.1, 0.15) is 173 Å². The first-order valence-electron chi connectivity index (χ1n) is 34.8. The summed E-state index contributed by atoms with van der Waals surface area (Å²) >= 11 is 3.47. The van der Waals surface area contributed by atoms with E-state index in [4.69, 9.17) is 27.0 Å². The van der Waals surface area contributed by atoms with E-state index in [9.17, 15) is 42.7 Å². The highest BCUT2D eigenvalue weighted by Gasteiger charge is 2.42. The molecule has 4 aliphatic heterocycles. The second kappa shape index (κ2) is 38.0. The standard InChI is InChI=1S/C32H42N8O6.C24H27BrN4O3.C16H22N4O3.CH3F/c1-19(2)25(37-31(43)45-5)29(41)39-15-9-13-23(39)27-33-17-21(35-27)11-7-8-12-22-18-34-28(36-22)24-14-10-16-40(24)30(42)26(20(3)4)38-32(44)46-6;1-14(2)21(28-24(31)32-3)23(30)29-12-4-5-20(29)22-26-18-11-8-16(13-19(18)27-22)15-6-9-17(25)10-7-15;1-5-11-9-17-14(18-11)12-7-6-8-20(12)15(21)13(10(2)3)19-16(22)23-4;1-2/h17-20,23-26H,9-10,13-16H2,1-6H3,(H,33,35)(H,34,36)(H,37,43)(H,38,44);6-11,13-14,20-21H,4-5,12H2,1-3H3,(H,26,27)(H,28,31);1,9-10,12-13H,6-8H2,2-4H3,(H,17,18)(H,19,22);1H3/t23-,24-,25-,26-;20-,21-;12-,13-;/m000./s1/i;;;1D. The lowest BCUT2D eigenvalue weighted by atomic mass is 10.0. The van der Waals surface area contributed by atoms with Gasteiger partial charge in [0.2, 0.25) is 23.6 Å². The van der Waals surface area contributed by atoms with Crippen LogP contribution in [0.2, 0.25) is 0 Å². The topological polar surface area (TPSA) is 349 Å². The van der Waals surface area contributed by atoms with Crippen LogP contribution in [0.4, 0.5) is 23.6 Å². The number of nitrogens with one attached hydrogen (secondary N) is 8. The van der Waals surface area contributed by atoms with Crippen LogP contribution >= 0.6 is 15.9 Å². The van der Waals surface area contributed by atoms with Crippen molar-refractivity contribution in [3.05, 3.63) is 106 Å². The average Bonchev–Trinajstić information content (AvgIpc) is 1.66. The quantitative estimate of drug-likeness (QED) is 0.0311. The molecular formula is C73H94BrFN16O12. The molecule has 4 aromatic heterocycles. The number of aromatic amines is 4. The Hall–Kier alpha value is -10.4. The number of hydrogen-bond donors (Lipinski definition) is 8. The molecular weight excluding hydrogens is 1390 g/mol. The fourth-order valence-corrected chi connectivity index (χ4v) is 13.0. The molecule has 8 heterocycles. The number of methoxy groups -OCH3 is 4. The van der Waals surface area contributed by atoms with Crippen LogP contribution < -0.4 is 21.3 Å². The van der Waals surface area contributed by atoms with Crippen LogP contribution in [-0.4, -0.2) is 193 Å². The van der Waals surface area contributed by atoms with E-state index in [1.54, 1.807) is 33.3 Å². The molecule has 0 spiro atoms. The van der Waals surface area contributed by atoms with E-state index >= 15 is 0 Å². The van der Waals surface area contributed by atoms with Gasteiger partial charge >= 0.3 is 24.4 Å². The summed E-state index contributed by atoms with van der Waals surface area (Å²) in [5.41, 5.74) is 5.73. The molecule has 0 radical (unpaired) electrons. The summed E-state index contributed by atoms with van der Waals surface area (Å²) in [7, 11) is 4.11. The van der Waals surface area contributed by atoms with Gasteiger partial charge in [-0.2, -0.15) is 0 Å². The van der Waals surface area contributed by atoms with Crippen molar-refractivity contribution < 1.29 is 63.1 Å². The fourth-order valence-electron chi connectivity index (χ4n) is 12.7. The molecule has 8 amide bonds. The molecule has 0 aliphatic carbocycles. The van der Waals surface area contributed by atoms with Gasteiger partial charge in [-0.1, -0.05) is 95.4 Å². The van der Waals surface area contributed by atoms with Crippen LogP contribution in [-0.2, 0) is 38.1 Å². The number of terminal acetylenes is 1. The van der Waals surface area contributed by atoms with E-state index < -0.39 is 55.7 Å². The number of carbonyl (C=O) groups is 8. The van der Waals surface area contributed by atoms with Gasteiger partial charge in [0, 0.05) is 30.7 Å². The zero-order chi connectivity index (χ0) is 75.9. The van der Waals surface area contributed by atoms with Gasteiger partial charge in [0.15, 0.2) is 0 Å². The van der Waals surface area contributed by atoms with E-state index in [0.29, 0.717) is 60.7 Å². The average molecular weight is 1490 g/mol. The second-order valence-electron chi connectivity index (χ2n) is 26.2. The van der Waals surface area contributed by atoms with Gasteiger partial charge in [0.1, 0.15) is 64.5 Å². The number of H-pyrrole nitrogens is 4. The summed E-state index contributed by atoms with van der Waals surface area (Å²) in [6, 6.07) is 10.8. The summed E-state index contributed by atoms with van der Waals surface area (Å²) in [5, 5.41) is 10.6. The Balaban J connectivity index is 0.000000226. The number of alkyl halides is 1. The highest BCUT2D eigenvalue weighted by molar-refractivity contribution is 9.10. The lowest BCUT2D eigenvalue weighted by Gasteiger charge is -2.29. The minimum atomic E-state index is -1.00. The maximum Gasteiger partial charge on any atom is 0.407 e. The molecule has 8 atom stereocenters. The molecule has 30 heteroatoms. The summed E-state index contributed by atoms with van der Waals surface area (Å²) in [6.07, 6.45) is 14.2. The van der Waals surface area contributed by atoms with Crippen LogP contribution in [0.25, 0.3) is 22.2 Å². The van der Waals surface area contributed by atoms with Crippen molar-refractivity contribution in [3.63, 3.8) is 0 Å². The normalized spacial score (nSPS) is 18.0. The molecule has 4 saturated heterocycles. The van der Waals surface area contributed by atoms with Crippen LogP contribution in [0.3, 0.4) is 0 Å². The molecule has 103 heavy (non-hydrogen) atoms. The number of aromatic nitrogens is 8. The molecule has 4 aliphatic rings. The van der Waals surface area contributed by atoms with Crippen molar-refractivity contribution >= 4 is 75.0 Å². The van der Waals surface area contributed by atoms with Gasteiger partial charge in [-0.3, -0.25) is 23.6 Å². The predicted molar refractivity (Wildman–Crippen MR) is 385 cm³/mol. The molecule has 10 rings (SSSR count).